The number of nitrogens with zero attached hydrogens (tertiary/aromatic N) is 1. The number of hydrazine groups is 1. The summed E-state index contributed by atoms with van der Waals surface area (Å²) in [6, 6.07) is 5.27. The smallest absolute Gasteiger partial charge is 0.185 e. The lowest BCUT2D eigenvalue weighted by Crippen LogP contribution is -2.46. The van der Waals surface area contributed by atoms with E-state index in [4.69, 9.17) is 35.4 Å². The minimum absolute atomic E-state index is 0.565. The molecule has 98 valence electrons. The van der Waals surface area contributed by atoms with Crippen molar-refractivity contribution in [1.29, 1.82) is 0 Å². The first-order chi connectivity index (χ1) is 8.63. The summed E-state index contributed by atoms with van der Waals surface area (Å²) in [5.41, 5.74) is 3.97. The SMILES string of the molecule is S=C(Nc1cc(Cl)cc(Cl)c1)NN1CCCCC1. The Bertz CT molecular complexity index is 413. The monoisotopic (exact) mass is 303 g/mol. The van der Waals surface area contributed by atoms with Crippen molar-refractivity contribution in [2.45, 2.75) is 19.3 Å². The van der Waals surface area contributed by atoms with Gasteiger partial charge in [-0.3, -0.25) is 5.43 Å². The zero-order valence-electron chi connectivity index (χ0n) is 9.88. The molecule has 0 radical (unpaired) electrons. The van der Waals surface area contributed by atoms with Crippen LogP contribution < -0.4 is 10.7 Å². The fraction of sp³-hybridized carbons (Fsp3) is 0.417. The summed E-state index contributed by atoms with van der Waals surface area (Å²) in [6.45, 7) is 2.05. The van der Waals surface area contributed by atoms with E-state index in [1.807, 2.05) is 0 Å². The third kappa shape index (κ3) is 4.28. The van der Waals surface area contributed by atoms with Crippen molar-refractivity contribution in [2.75, 3.05) is 18.4 Å². The topological polar surface area (TPSA) is 27.3 Å². The number of hydrogen-bond acceptors (Lipinski definition) is 2. The lowest BCUT2D eigenvalue weighted by atomic mass is 10.2. The van der Waals surface area contributed by atoms with Crippen molar-refractivity contribution in [3.63, 3.8) is 0 Å². The number of nitrogens with one attached hydrogen (secondary N) is 2. The Labute approximate surface area is 122 Å². The summed E-state index contributed by atoms with van der Waals surface area (Å²) in [7, 11) is 0. The van der Waals surface area contributed by atoms with Crippen LogP contribution in [0.4, 0.5) is 5.69 Å². The molecular formula is C12H15Cl2N3S. The third-order valence-electron chi connectivity index (χ3n) is 2.74. The molecule has 1 saturated heterocycles. The van der Waals surface area contributed by atoms with Gasteiger partial charge in [0, 0.05) is 28.8 Å². The van der Waals surface area contributed by atoms with Crippen LogP contribution in [-0.2, 0) is 0 Å². The quantitative estimate of drug-likeness (QED) is 0.815. The van der Waals surface area contributed by atoms with Gasteiger partial charge in [0.2, 0.25) is 0 Å². The Morgan fingerprint density at radius 3 is 2.28 bits per heavy atom. The molecule has 18 heavy (non-hydrogen) atoms. The van der Waals surface area contributed by atoms with Crippen molar-refractivity contribution in [1.82, 2.24) is 10.4 Å². The average molecular weight is 304 g/mol. The second-order valence-electron chi connectivity index (χ2n) is 4.27. The molecule has 2 rings (SSSR count). The van der Waals surface area contributed by atoms with Gasteiger partial charge in [0.15, 0.2) is 5.11 Å². The molecule has 0 bridgehead atoms. The van der Waals surface area contributed by atoms with E-state index in [1.165, 1.54) is 19.3 Å². The van der Waals surface area contributed by atoms with Gasteiger partial charge in [0.1, 0.15) is 0 Å². The van der Waals surface area contributed by atoms with Gasteiger partial charge in [-0.25, -0.2) is 5.01 Å². The average Bonchev–Trinajstić information content (AvgIpc) is 2.28. The van der Waals surface area contributed by atoms with Crippen LogP contribution in [0.5, 0.6) is 0 Å². The van der Waals surface area contributed by atoms with Gasteiger partial charge in [-0.15, -0.1) is 0 Å². The van der Waals surface area contributed by atoms with Gasteiger partial charge in [-0.05, 0) is 43.3 Å². The maximum Gasteiger partial charge on any atom is 0.185 e. The third-order valence-corrected chi connectivity index (χ3v) is 3.37. The van der Waals surface area contributed by atoms with Crippen LogP contribution in [0, 0.1) is 0 Å². The molecule has 2 N–H and O–H groups in total. The summed E-state index contributed by atoms with van der Waals surface area (Å²) < 4.78 is 0. The van der Waals surface area contributed by atoms with E-state index in [0.717, 1.165) is 18.8 Å². The molecule has 0 atom stereocenters. The molecule has 0 aliphatic carbocycles. The van der Waals surface area contributed by atoms with Crippen LogP contribution in [0.25, 0.3) is 0 Å². The number of piperidine rings is 1. The lowest BCUT2D eigenvalue weighted by molar-refractivity contribution is 0.196. The molecular weight excluding hydrogens is 289 g/mol. The second-order valence-corrected chi connectivity index (χ2v) is 5.55. The Balaban J connectivity index is 1.89. The molecule has 0 saturated carbocycles. The molecule has 1 heterocycles. The van der Waals surface area contributed by atoms with E-state index in [9.17, 15) is 0 Å². The molecule has 1 aliphatic rings. The maximum atomic E-state index is 5.93. The number of benzene rings is 1. The summed E-state index contributed by atoms with van der Waals surface area (Å²) >= 11 is 17.1. The zero-order chi connectivity index (χ0) is 13.0. The van der Waals surface area contributed by atoms with E-state index >= 15 is 0 Å². The largest absolute Gasteiger partial charge is 0.332 e. The van der Waals surface area contributed by atoms with Crippen molar-refractivity contribution in [3.05, 3.63) is 28.2 Å². The first-order valence-electron chi connectivity index (χ1n) is 5.92. The number of anilines is 1. The summed E-state index contributed by atoms with van der Waals surface area (Å²) in [6.07, 6.45) is 3.71. The standard InChI is InChI=1S/C12H15Cl2N3S/c13-9-6-10(14)8-11(7-9)15-12(18)16-17-4-2-1-3-5-17/h6-8H,1-5H2,(H2,15,16,18). The Kier molecular flexibility index (Phi) is 5.06. The molecule has 1 aromatic carbocycles. The Hall–Kier alpha value is -0.550. The normalized spacial score (nSPS) is 16.3. The van der Waals surface area contributed by atoms with E-state index < -0.39 is 0 Å². The van der Waals surface area contributed by atoms with Crippen molar-refractivity contribution < 1.29 is 0 Å². The van der Waals surface area contributed by atoms with Crippen LogP contribution in [0.2, 0.25) is 10.0 Å². The molecule has 0 amide bonds. The van der Waals surface area contributed by atoms with Crippen LogP contribution in [0.3, 0.4) is 0 Å². The van der Waals surface area contributed by atoms with E-state index in [2.05, 4.69) is 15.8 Å². The fourth-order valence-electron chi connectivity index (χ4n) is 1.93. The van der Waals surface area contributed by atoms with Crippen LogP contribution >= 0.6 is 35.4 Å². The molecule has 0 aromatic heterocycles. The first kappa shape index (κ1) is 13.9. The van der Waals surface area contributed by atoms with Crippen LogP contribution in [0.1, 0.15) is 19.3 Å². The second kappa shape index (κ2) is 6.57. The van der Waals surface area contributed by atoms with Gasteiger partial charge >= 0.3 is 0 Å². The van der Waals surface area contributed by atoms with Gasteiger partial charge < -0.3 is 5.32 Å². The van der Waals surface area contributed by atoms with Crippen LogP contribution in [0.15, 0.2) is 18.2 Å². The van der Waals surface area contributed by atoms with E-state index in [1.54, 1.807) is 18.2 Å². The zero-order valence-corrected chi connectivity index (χ0v) is 12.2. The summed E-state index contributed by atoms with van der Waals surface area (Å²) in [4.78, 5) is 0. The molecule has 0 unspecified atom stereocenters. The van der Waals surface area contributed by atoms with Crippen LogP contribution in [-0.4, -0.2) is 23.2 Å². The minimum Gasteiger partial charge on any atom is -0.332 e. The highest BCUT2D eigenvalue weighted by atomic mass is 35.5. The van der Waals surface area contributed by atoms with Crippen molar-refractivity contribution in [2.24, 2.45) is 0 Å². The number of thiocarbonyl (C=S) groups is 1. The molecule has 6 heteroatoms. The predicted molar refractivity (Wildman–Crippen MR) is 81.2 cm³/mol. The van der Waals surface area contributed by atoms with E-state index in [-0.39, 0.29) is 0 Å². The fourth-order valence-corrected chi connectivity index (χ4v) is 2.71. The van der Waals surface area contributed by atoms with Gasteiger partial charge in [-0.2, -0.15) is 0 Å². The van der Waals surface area contributed by atoms with Gasteiger partial charge in [0.25, 0.3) is 0 Å². The highest BCUT2D eigenvalue weighted by Gasteiger charge is 2.10. The van der Waals surface area contributed by atoms with Gasteiger partial charge in [0.05, 0.1) is 0 Å². The van der Waals surface area contributed by atoms with Crippen molar-refractivity contribution >= 4 is 46.2 Å². The first-order valence-corrected chi connectivity index (χ1v) is 7.08. The Morgan fingerprint density at radius 1 is 1.06 bits per heavy atom. The number of hydrogen-bond donors (Lipinski definition) is 2. The van der Waals surface area contributed by atoms with Crippen molar-refractivity contribution in [3.8, 4) is 0 Å². The molecule has 1 fully saturated rings. The Morgan fingerprint density at radius 2 is 1.67 bits per heavy atom. The lowest BCUT2D eigenvalue weighted by Gasteiger charge is -2.28. The highest BCUT2D eigenvalue weighted by molar-refractivity contribution is 7.80. The molecule has 0 spiro atoms. The highest BCUT2D eigenvalue weighted by Crippen LogP contribution is 2.22. The predicted octanol–water partition coefficient (Wildman–Crippen LogP) is 3.68. The summed E-state index contributed by atoms with van der Waals surface area (Å²) in [5, 5.41) is 6.95. The maximum absolute atomic E-state index is 5.93. The number of rotatable bonds is 2. The van der Waals surface area contributed by atoms with Gasteiger partial charge in [-0.1, -0.05) is 29.6 Å². The number of halogens is 2. The molecule has 1 aromatic rings. The summed E-state index contributed by atoms with van der Waals surface area (Å²) in [5.74, 6) is 0. The van der Waals surface area contributed by atoms with E-state index in [0.29, 0.717) is 15.2 Å². The minimum atomic E-state index is 0.565. The molecule has 1 aliphatic heterocycles. The molecule has 3 nitrogen and oxygen atoms in total.